The standard InChI is InChI=1S/C16H23BrN2O2.ClH/c1-12(21-15-5-3-14(17)4-6-15)10-19-16(20)7-2-13-8-9-18-11-13;/h3-6,12-13,18H,2,7-11H2,1H3,(H,19,20);1H. The Bertz CT molecular complexity index is 450. The Hall–Kier alpha value is -0.780. The Labute approximate surface area is 146 Å². The first-order valence-electron chi connectivity index (χ1n) is 7.53. The molecule has 0 aromatic heterocycles. The molecule has 0 radical (unpaired) electrons. The summed E-state index contributed by atoms with van der Waals surface area (Å²) in [6.45, 7) is 4.64. The molecule has 124 valence electrons. The fraction of sp³-hybridized carbons (Fsp3) is 0.562. The van der Waals surface area contributed by atoms with Crippen molar-refractivity contribution < 1.29 is 9.53 Å². The van der Waals surface area contributed by atoms with Crippen LogP contribution in [0.4, 0.5) is 0 Å². The van der Waals surface area contributed by atoms with Crippen LogP contribution in [0.15, 0.2) is 28.7 Å². The van der Waals surface area contributed by atoms with Crippen LogP contribution in [0.25, 0.3) is 0 Å². The first-order chi connectivity index (χ1) is 10.1. The van der Waals surface area contributed by atoms with Crippen LogP contribution in [-0.2, 0) is 4.79 Å². The summed E-state index contributed by atoms with van der Waals surface area (Å²) in [5, 5.41) is 6.27. The number of carbonyl (C=O) groups is 1. The lowest BCUT2D eigenvalue weighted by atomic mass is 10.0. The summed E-state index contributed by atoms with van der Waals surface area (Å²) in [7, 11) is 0. The van der Waals surface area contributed by atoms with Gasteiger partial charge in [-0.05, 0) is 63.0 Å². The van der Waals surface area contributed by atoms with E-state index in [1.54, 1.807) is 0 Å². The van der Waals surface area contributed by atoms with Crippen molar-refractivity contribution in [2.75, 3.05) is 19.6 Å². The third-order valence-corrected chi connectivity index (χ3v) is 4.21. The molecule has 1 aliphatic heterocycles. The maximum absolute atomic E-state index is 11.8. The van der Waals surface area contributed by atoms with Crippen molar-refractivity contribution in [2.24, 2.45) is 5.92 Å². The number of ether oxygens (including phenoxy) is 1. The van der Waals surface area contributed by atoms with E-state index in [2.05, 4.69) is 26.6 Å². The lowest BCUT2D eigenvalue weighted by Crippen LogP contribution is -2.33. The highest BCUT2D eigenvalue weighted by Gasteiger charge is 2.15. The average Bonchev–Trinajstić information content (AvgIpc) is 2.99. The van der Waals surface area contributed by atoms with E-state index in [-0.39, 0.29) is 24.4 Å². The third-order valence-electron chi connectivity index (χ3n) is 3.68. The van der Waals surface area contributed by atoms with Gasteiger partial charge >= 0.3 is 0 Å². The molecule has 1 amide bonds. The molecule has 1 aromatic rings. The number of benzene rings is 1. The molecule has 4 nitrogen and oxygen atoms in total. The lowest BCUT2D eigenvalue weighted by Gasteiger charge is -2.16. The van der Waals surface area contributed by atoms with Gasteiger partial charge in [0.15, 0.2) is 0 Å². The minimum Gasteiger partial charge on any atom is -0.489 e. The molecule has 1 aromatic carbocycles. The van der Waals surface area contributed by atoms with Crippen molar-refractivity contribution >= 4 is 34.2 Å². The Morgan fingerprint density at radius 1 is 1.45 bits per heavy atom. The first-order valence-corrected chi connectivity index (χ1v) is 8.32. The van der Waals surface area contributed by atoms with Gasteiger partial charge in [-0.1, -0.05) is 15.9 Å². The molecule has 2 unspecified atom stereocenters. The fourth-order valence-corrected chi connectivity index (χ4v) is 2.69. The molecule has 22 heavy (non-hydrogen) atoms. The smallest absolute Gasteiger partial charge is 0.220 e. The Morgan fingerprint density at radius 3 is 2.82 bits per heavy atom. The van der Waals surface area contributed by atoms with Crippen molar-refractivity contribution in [2.45, 2.75) is 32.3 Å². The lowest BCUT2D eigenvalue weighted by molar-refractivity contribution is -0.121. The Kier molecular flexibility index (Phi) is 8.83. The fourth-order valence-electron chi connectivity index (χ4n) is 2.43. The predicted molar refractivity (Wildman–Crippen MR) is 94.7 cm³/mol. The second kappa shape index (κ2) is 10.1. The van der Waals surface area contributed by atoms with Gasteiger partial charge in [0, 0.05) is 10.9 Å². The topological polar surface area (TPSA) is 50.4 Å². The van der Waals surface area contributed by atoms with Gasteiger partial charge in [0.2, 0.25) is 5.91 Å². The number of rotatable bonds is 7. The maximum atomic E-state index is 11.8. The summed E-state index contributed by atoms with van der Waals surface area (Å²) in [6.07, 6.45) is 2.73. The van der Waals surface area contributed by atoms with Crippen LogP contribution in [0.5, 0.6) is 5.75 Å². The van der Waals surface area contributed by atoms with E-state index in [9.17, 15) is 4.79 Å². The van der Waals surface area contributed by atoms with Crippen molar-refractivity contribution in [3.8, 4) is 5.75 Å². The summed E-state index contributed by atoms with van der Waals surface area (Å²) >= 11 is 3.39. The van der Waals surface area contributed by atoms with Crippen LogP contribution in [0.1, 0.15) is 26.2 Å². The molecule has 0 saturated carbocycles. The zero-order valence-electron chi connectivity index (χ0n) is 12.8. The first kappa shape index (κ1) is 19.3. The van der Waals surface area contributed by atoms with E-state index in [0.717, 1.165) is 29.7 Å². The zero-order valence-corrected chi connectivity index (χ0v) is 15.2. The summed E-state index contributed by atoms with van der Waals surface area (Å²) in [4.78, 5) is 11.8. The van der Waals surface area contributed by atoms with Gasteiger partial charge in [-0.15, -0.1) is 12.4 Å². The van der Waals surface area contributed by atoms with Gasteiger partial charge in [0.25, 0.3) is 0 Å². The minimum atomic E-state index is -0.0386. The SMILES string of the molecule is CC(CNC(=O)CCC1CCNC1)Oc1ccc(Br)cc1.Cl. The molecule has 1 heterocycles. The number of carbonyl (C=O) groups excluding carboxylic acids is 1. The molecule has 1 saturated heterocycles. The normalized spacial score (nSPS) is 18.4. The van der Waals surface area contributed by atoms with Crippen LogP contribution in [0.3, 0.4) is 0 Å². The number of halogens is 2. The zero-order chi connectivity index (χ0) is 15.1. The maximum Gasteiger partial charge on any atom is 0.220 e. The molecule has 6 heteroatoms. The highest BCUT2D eigenvalue weighted by Crippen LogP contribution is 2.17. The van der Waals surface area contributed by atoms with Gasteiger partial charge in [-0.3, -0.25) is 4.79 Å². The molecule has 1 aliphatic rings. The molecule has 2 rings (SSSR count). The Morgan fingerprint density at radius 2 is 2.18 bits per heavy atom. The molecule has 2 N–H and O–H groups in total. The van der Waals surface area contributed by atoms with E-state index in [1.807, 2.05) is 31.2 Å². The van der Waals surface area contributed by atoms with E-state index < -0.39 is 0 Å². The molecular weight excluding hydrogens is 368 g/mol. The van der Waals surface area contributed by atoms with Crippen molar-refractivity contribution in [3.05, 3.63) is 28.7 Å². The number of amides is 1. The molecule has 0 aliphatic carbocycles. The summed E-state index contributed by atoms with van der Waals surface area (Å²) in [5.74, 6) is 1.59. The van der Waals surface area contributed by atoms with Gasteiger partial charge in [-0.25, -0.2) is 0 Å². The van der Waals surface area contributed by atoms with E-state index in [4.69, 9.17) is 4.74 Å². The van der Waals surface area contributed by atoms with Gasteiger partial charge in [0.05, 0.1) is 6.54 Å². The average molecular weight is 392 g/mol. The summed E-state index contributed by atoms with van der Waals surface area (Å²) in [5.41, 5.74) is 0. The van der Waals surface area contributed by atoms with Crippen molar-refractivity contribution in [1.82, 2.24) is 10.6 Å². The van der Waals surface area contributed by atoms with E-state index in [1.165, 1.54) is 6.42 Å². The molecule has 0 spiro atoms. The highest BCUT2D eigenvalue weighted by molar-refractivity contribution is 9.10. The van der Waals surface area contributed by atoms with E-state index in [0.29, 0.717) is 18.9 Å². The van der Waals surface area contributed by atoms with Crippen LogP contribution in [0, 0.1) is 5.92 Å². The highest BCUT2D eigenvalue weighted by atomic mass is 79.9. The molecule has 2 atom stereocenters. The molecule has 0 bridgehead atoms. The van der Waals surface area contributed by atoms with Crippen LogP contribution >= 0.6 is 28.3 Å². The van der Waals surface area contributed by atoms with Crippen molar-refractivity contribution in [1.29, 1.82) is 0 Å². The monoisotopic (exact) mass is 390 g/mol. The van der Waals surface area contributed by atoms with Gasteiger partial charge < -0.3 is 15.4 Å². The Balaban J connectivity index is 0.00000242. The summed E-state index contributed by atoms with van der Waals surface area (Å²) < 4.78 is 6.78. The molecular formula is C16H24BrClN2O2. The number of nitrogens with one attached hydrogen (secondary N) is 2. The van der Waals surface area contributed by atoms with E-state index >= 15 is 0 Å². The quantitative estimate of drug-likeness (QED) is 0.751. The second-order valence-electron chi connectivity index (χ2n) is 5.58. The van der Waals surface area contributed by atoms with Crippen molar-refractivity contribution in [3.63, 3.8) is 0 Å². The minimum absolute atomic E-state index is 0. The van der Waals surface area contributed by atoms with Crippen LogP contribution in [-0.4, -0.2) is 31.6 Å². The number of hydrogen-bond donors (Lipinski definition) is 2. The molecule has 1 fully saturated rings. The predicted octanol–water partition coefficient (Wildman–Crippen LogP) is 3.14. The number of hydrogen-bond acceptors (Lipinski definition) is 3. The second-order valence-corrected chi connectivity index (χ2v) is 6.50. The van der Waals surface area contributed by atoms with Crippen LogP contribution < -0.4 is 15.4 Å². The van der Waals surface area contributed by atoms with Gasteiger partial charge in [0.1, 0.15) is 11.9 Å². The van der Waals surface area contributed by atoms with Gasteiger partial charge in [-0.2, -0.15) is 0 Å². The largest absolute Gasteiger partial charge is 0.489 e. The van der Waals surface area contributed by atoms with Crippen LogP contribution in [0.2, 0.25) is 0 Å². The summed E-state index contributed by atoms with van der Waals surface area (Å²) in [6, 6.07) is 7.71. The third kappa shape index (κ3) is 6.99.